The van der Waals surface area contributed by atoms with E-state index in [1.165, 1.54) is 5.56 Å². The molecule has 1 aliphatic rings. The van der Waals surface area contributed by atoms with Crippen molar-refractivity contribution in [2.45, 2.75) is 12.3 Å². The highest BCUT2D eigenvalue weighted by Crippen LogP contribution is 2.29. The van der Waals surface area contributed by atoms with Crippen LogP contribution in [0.5, 0.6) is 11.5 Å². The van der Waals surface area contributed by atoms with Gasteiger partial charge in [0.05, 0.1) is 18.4 Å². The van der Waals surface area contributed by atoms with Gasteiger partial charge in [-0.1, -0.05) is 42.5 Å². The molecule has 1 unspecified atom stereocenters. The Bertz CT molecular complexity index is 1070. The molecule has 0 spiro atoms. The standard InChI is InChI=1S/C26H26N2O4/c1-31-21-11-13-22(14-12-21)32-18-25(29)27-24-10-6-5-9-23(24)26(30)28-16-15-20(17-28)19-7-3-2-4-8-19/h2-14,20H,15-18H2,1H3,(H,27,29). The van der Waals surface area contributed by atoms with Gasteiger partial charge < -0.3 is 19.7 Å². The summed E-state index contributed by atoms with van der Waals surface area (Å²) in [6.07, 6.45) is 0.931. The van der Waals surface area contributed by atoms with E-state index in [2.05, 4.69) is 17.4 Å². The highest BCUT2D eigenvalue weighted by molar-refractivity contribution is 6.04. The lowest BCUT2D eigenvalue weighted by atomic mass is 9.99. The van der Waals surface area contributed by atoms with Crippen LogP contribution in [-0.4, -0.2) is 43.5 Å². The van der Waals surface area contributed by atoms with Gasteiger partial charge in [-0.05, 0) is 48.4 Å². The van der Waals surface area contributed by atoms with Crippen molar-refractivity contribution in [2.75, 3.05) is 32.1 Å². The minimum atomic E-state index is -0.329. The van der Waals surface area contributed by atoms with E-state index in [9.17, 15) is 9.59 Å². The Labute approximate surface area is 187 Å². The van der Waals surface area contributed by atoms with Crippen LogP contribution in [0, 0.1) is 0 Å². The quantitative estimate of drug-likeness (QED) is 0.605. The molecule has 0 radical (unpaired) electrons. The Morgan fingerprint density at radius 3 is 2.38 bits per heavy atom. The molecule has 4 rings (SSSR count). The maximum absolute atomic E-state index is 13.2. The van der Waals surface area contributed by atoms with Crippen LogP contribution in [0.3, 0.4) is 0 Å². The van der Waals surface area contributed by atoms with Gasteiger partial charge in [-0.15, -0.1) is 0 Å². The number of benzene rings is 3. The minimum absolute atomic E-state index is 0.0737. The van der Waals surface area contributed by atoms with Gasteiger partial charge in [0.1, 0.15) is 11.5 Å². The molecule has 1 fully saturated rings. The average molecular weight is 431 g/mol. The van der Waals surface area contributed by atoms with E-state index in [0.717, 1.165) is 6.42 Å². The number of nitrogens with one attached hydrogen (secondary N) is 1. The van der Waals surface area contributed by atoms with Gasteiger partial charge >= 0.3 is 0 Å². The zero-order valence-corrected chi connectivity index (χ0v) is 18.0. The van der Waals surface area contributed by atoms with Crippen molar-refractivity contribution >= 4 is 17.5 Å². The molecule has 0 aliphatic carbocycles. The molecule has 1 saturated heterocycles. The predicted molar refractivity (Wildman–Crippen MR) is 123 cm³/mol. The van der Waals surface area contributed by atoms with Crippen LogP contribution >= 0.6 is 0 Å². The largest absolute Gasteiger partial charge is 0.497 e. The van der Waals surface area contributed by atoms with Crippen LogP contribution in [0.25, 0.3) is 0 Å². The molecule has 32 heavy (non-hydrogen) atoms. The topological polar surface area (TPSA) is 67.9 Å². The fourth-order valence-electron chi connectivity index (χ4n) is 3.90. The number of ether oxygens (including phenoxy) is 2. The first kappa shape index (κ1) is 21.4. The van der Waals surface area contributed by atoms with Crippen molar-refractivity contribution in [2.24, 2.45) is 0 Å². The van der Waals surface area contributed by atoms with Crippen molar-refractivity contribution in [1.82, 2.24) is 4.90 Å². The summed E-state index contributed by atoms with van der Waals surface area (Å²) in [6, 6.07) is 24.4. The van der Waals surface area contributed by atoms with E-state index in [-0.39, 0.29) is 18.4 Å². The lowest BCUT2D eigenvalue weighted by Gasteiger charge is -2.19. The number of para-hydroxylation sites is 1. The number of rotatable bonds is 7. The Morgan fingerprint density at radius 1 is 0.938 bits per heavy atom. The van der Waals surface area contributed by atoms with E-state index in [1.54, 1.807) is 49.6 Å². The van der Waals surface area contributed by atoms with Gasteiger partial charge in [-0.3, -0.25) is 9.59 Å². The molecular formula is C26H26N2O4. The Hall–Kier alpha value is -3.80. The highest BCUT2D eigenvalue weighted by atomic mass is 16.5. The van der Waals surface area contributed by atoms with Crippen LogP contribution in [0.4, 0.5) is 5.69 Å². The normalized spacial score (nSPS) is 15.3. The summed E-state index contributed by atoms with van der Waals surface area (Å²) in [6.45, 7) is 1.21. The van der Waals surface area contributed by atoms with Gasteiger partial charge in [0.15, 0.2) is 6.61 Å². The zero-order valence-electron chi connectivity index (χ0n) is 18.0. The summed E-state index contributed by atoms with van der Waals surface area (Å²) >= 11 is 0. The Balaban J connectivity index is 1.37. The average Bonchev–Trinajstić information content (AvgIpc) is 3.34. The molecular weight excluding hydrogens is 404 g/mol. The summed E-state index contributed by atoms with van der Waals surface area (Å²) in [4.78, 5) is 27.5. The van der Waals surface area contributed by atoms with E-state index < -0.39 is 0 Å². The third-order valence-corrected chi connectivity index (χ3v) is 5.61. The SMILES string of the molecule is COc1ccc(OCC(=O)Nc2ccccc2C(=O)N2CCC(c3ccccc3)C2)cc1. The molecule has 0 saturated carbocycles. The van der Waals surface area contributed by atoms with Gasteiger partial charge in [-0.25, -0.2) is 0 Å². The number of carbonyl (C=O) groups is 2. The number of hydrogen-bond acceptors (Lipinski definition) is 4. The van der Waals surface area contributed by atoms with Crippen LogP contribution in [-0.2, 0) is 4.79 Å². The molecule has 0 aromatic heterocycles. The molecule has 3 aromatic carbocycles. The smallest absolute Gasteiger partial charge is 0.262 e. The van der Waals surface area contributed by atoms with Crippen molar-refractivity contribution in [3.05, 3.63) is 90.0 Å². The van der Waals surface area contributed by atoms with E-state index >= 15 is 0 Å². The fraction of sp³-hybridized carbons (Fsp3) is 0.231. The first-order valence-electron chi connectivity index (χ1n) is 10.6. The molecule has 3 aromatic rings. The lowest BCUT2D eigenvalue weighted by molar-refractivity contribution is -0.118. The summed E-state index contributed by atoms with van der Waals surface area (Å²) in [5, 5.41) is 2.81. The number of anilines is 1. The number of nitrogens with zero attached hydrogens (tertiary/aromatic N) is 1. The molecule has 1 aliphatic heterocycles. The lowest BCUT2D eigenvalue weighted by Crippen LogP contribution is -2.30. The number of methoxy groups -OCH3 is 1. The maximum atomic E-state index is 13.2. The van der Waals surface area contributed by atoms with Crippen LogP contribution in [0.1, 0.15) is 28.3 Å². The molecule has 6 nitrogen and oxygen atoms in total. The fourth-order valence-corrected chi connectivity index (χ4v) is 3.90. The number of hydrogen-bond donors (Lipinski definition) is 1. The van der Waals surface area contributed by atoms with E-state index in [0.29, 0.717) is 41.8 Å². The Kier molecular flexibility index (Phi) is 6.70. The molecule has 164 valence electrons. The van der Waals surface area contributed by atoms with Crippen LogP contribution in [0.15, 0.2) is 78.9 Å². The molecule has 6 heteroatoms. The molecule has 1 atom stereocenters. The molecule has 1 N–H and O–H groups in total. The highest BCUT2D eigenvalue weighted by Gasteiger charge is 2.29. The zero-order chi connectivity index (χ0) is 22.3. The summed E-state index contributed by atoms with van der Waals surface area (Å²) in [5.41, 5.74) is 2.23. The van der Waals surface area contributed by atoms with E-state index in [4.69, 9.17) is 9.47 Å². The third kappa shape index (κ3) is 5.09. The van der Waals surface area contributed by atoms with Crippen molar-refractivity contribution < 1.29 is 19.1 Å². The predicted octanol–water partition coefficient (Wildman–Crippen LogP) is 4.34. The van der Waals surface area contributed by atoms with E-state index in [1.807, 2.05) is 29.2 Å². The minimum Gasteiger partial charge on any atom is -0.497 e. The molecule has 1 heterocycles. The third-order valence-electron chi connectivity index (χ3n) is 5.61. The second-order valence-corrected chi connectivity index (χ2v) is 7.71. The summed E-state index contributed by atoms with van der Waals surface area (Å²) in [5.74, 6) is 1.21. The number of carbonyl (C=O) groups excluding carboxylic acids is 2. The van der Waals surface area contributed by atoms with Crippen LogP contribution in [0.2, 0.25) is 0 Å². The van der Waals surface area contributed by atoms with Crippen molar-refractivity contribution in [3.8, 4) is 11.5 Å². The van der Waals surface area contributed by atoms with Gasteiger partial charge in [0.25, 0.3) is 11.8 Å². The van der Waals surface area contributed by atoms with Crippen LogP contribution < -0.4 is 14.8 Å². The molecule has 2 amide bonds. The van der Waals surface area contributed by atoms with Gasteiger partial charge in [-0.2, -0.15) is 0 Å². The second kappa shape index (κ2) is 10.0. The summed E-state index contributed by atoms with van der Waals surface area (Å²) in [7, 11) is 1.59. The second-order valence-electron chi connectivity index (χ2n) is 7.71. The van der Waals surface area contributed by atoms with Gasteiger partial charge in [0, 0.05) is 19.0 Å². The molecule has 0 bridgehead atoms. The first-order chi connectivity index (χ1) is 15.6. The first-order valence-corrected chi connectivity index (χ1v) is 10.6. The monoisotopic (exact) mass is 430 g/mol. The number of likely N-dealkylation sites (tertiary alicyclic amines) is 1. The summed E-state index contributed by atoms with van der Waals surface area (Å²) < 4.78 is 10.7. The number of amides is 2. The van der Waals surface area contributed by atoms with Crippen molar-refractivity contribution in [1.29, 1.82) is 0 Å². The Morgan fingerprint density at radius 2 is 1.62 bits per heavy atom. The van der Waals surface area contributed by atoms with Crippen molar-refractivity contribution in [3.63, 3.8) is 0 Å². The maximum Gasteiger partial charge on any atom is 0.262 e. The van der Waals surface area contributed by atoms with Gasteiger partial charge in [0.2, 0.25) is 0 Å².